The van der Waals surface area contributed by atoms with Crippen molar-refractivity contribution < 1.29 is 8.42 Å². The molecule has 1 aliphatic carbocycles. The van der Waals surface area contributed by atoms with Crippen LogP contribution in [0.5, 0.6) is 0 Å². The normalized spacial score (nSPS) is 24.6. The lowest BCUT2D eigenvalue weighted by molar-refractivity contribution is 0.379. The number of nitrogens with one attached hydrogen (secondary N) is 1. The van der Waals surface area contributed by atoms with Gasteiger partial charge < -0.3 is 4.57 Å². The Bertz CT molecular complexity index is 505. The van der Waals surface area contributed by atoms with Gasteiger partial charge in [0.05, 0.1) is 5.25 Å². The number of rotatable bonds is 4. The van der Waals surface area contributed by atoms with Gasteiger partial charge in [-0.15, -0.1) is 0 Å². The molecule has 0 amide bonds. The van der Waals surface area contributed by atoms with Gasteiger partial charge in [0.15, 0.2) is 0 Å². The number of aromatic nitrogens is 2. The summed E-state index contributed by atoms with van der Waals surface area (Å²) in [5.41, 5.74) is 0. The Morgan fingerprint density at radius 3 is 3.00 bits per heavy atom. The van der Waals surface area contributed by atoms with Gasteiger partial charge in [0.25, 0.3) is 0 Å². The Balaban J connectivity index is 1.57. The van der Waals surface area contributed by atoms with Crippen LogP contribution in [0.2, 0.25) is 0 Å². The molecule has 2 aliphatic rings. The molecule has 1 fully saturated rings. The van der Waals surface area contributed by atoms with Crippen LogP contribution < -0.4 is 4.72 Å². The fourth-order valence-corrected chi connectivity index (χ4v) is 3.78. The van der Waals surface area contributed by atoms with E-state index < -0.39 is 10.0 Å². The van der Waals surface area contributed by atoms with Crippen molar-refractivity contribution in [2.75, 3.05) is 6.54 Å². The zero-order valence-corrected chi connectivity index (χ0v) is 10.5. The van der Waals surface area contributed by atoms with Gasteiger partial charge in [0.2, 0.25) is 10.0 Å². The molecule has 3 rings (SSSR count). The fourth-order valence-electron chi connectivity index (χ4n) is 2.32. The van der Waals surface area contributed by atoms with Gasteiger partial charge in [-0.05, 0) is 25.2 Å². The minimum atomic E-state index is -3.03. The number of hydrogen-bond acceptors (Lipinski definition) is 3. The smallest absolute Gasteiger partial charge is 0.214 e. The molecule has 94 valence electrons. The number of aryl methyl sites for hydroxylation is 1. The lowest BCUT2D eigenvalue weighted by atomic mass is 9.98. The van der Waals surface area contributed by atoms with E-state index in [9.17, 15) is 8.42 Å². The Labute approximate surface area is 101 Å². The van der Waals surface area contributed by atoms with E-state index >= 15 is 0 Å². The molecular weight excluding hydrogens is 238 g/mol. The molecule has 1 aliphatic heterocycles. The summed E-state index contributed by atoms with van der Waals surface area (Å²) in [5.74, 6) is 1.46. The first-order valence-corrected chi connectivity index (χ1v) is 7.68. The average molecular weight is 255 g/mol. The third-order valence-electron chi connectivity index (χ3n) is 3.59. The van der Waals surface area contributed by atoms with Gasteiger partial charge in [-0.2, -0.15) is 0 Å². The zero-order chi connectivity index (χ0) is 11.9. The monoisotopic (exact) mass is 255 g/mol. The minimum absolute atomic E-state index is 0.118. The molecule has 1 N–H and O–H groups in total. The zero-order valence-electron chi connectivity index (χ0n) is 9.67. The molecule has 0 unspecified atom stereocenters. The molecule has 0 spiro atoms. The highest BCUT2D eigenvalue weighted by Crippen LogP contribution is 2.27. The van der Waals surface area contributed by atoms with Gasteiger partial charge in [-0.25, -0.2) is 18.1 Å². The highest BCUT2D eigenvalue weighted by molar-refractivity contribution is 7.90. The predicted octanol–water partition coefficient (Wildman–Crippen LogP) is 0.527. The molecule has 2 heterocycles. The van der Waals surface area contributed by atoms with E-state index in [0.717, 1.165) is 38.1 Å². The lowest BCUT2D eigenvalue weighted by Crippen LogP contribution is -2.34. The Morgan fingerprint density at radius 2 is 2.24 bits per heavy atom. The standard InChI is InChI=1S/C11H17N3O2S/c15-17(16,10-1-2-10)13-8-9-3-5-14-6-4-12-11(14)7-9/h4,6,9-10,13H,1-3,5,7-8H2/t9-/m1/s1. The summed E-state index contributed by atoms with van der Waals surface area (Å²) in [7, 11) is -3.03. The van der Waals surface area contributed by atoms with Crippen molar-refractivity contribution in [3.8, 4) is 0 Å². The molecule has 0 radical (unpaired) electrons. The molecule has 0 saturated heterocycles. The molecule has 17 heavy (non-hydrogen) atoms. The van der Waals surface area contributed by atoms with Crippen LogP contribution in [0.1, 0.15) is 25.1 Å². The van der Waals surface area contributed by atoms with Gasteiger partial charge in [-0.3, -0.25) is 0 Å². The van der Waals surface area contributed by atoms with Crippen molar-refractivity contribution >= 4 is 10.0 Å². The molecule has 0 aromatic carbocycles. The van der Waals surface area contributed by atoms with E-state index in [4.69, 9.17) is 0 Å². The van der Waals surface area contributed by atoms with Crippen molar-refractivity contribution in [2.45, 2.75) is 37.5 Å². The van der Waals surface area contributed by atoms with Gasteiger partial charge in [0, 0.05) is 31.9 Å². The first-order valence-electron chi connectivity index (χ1n) is 6.13. The second kappa shape index (κ2) is 4.10. The lowest BCUT2D eigenvalue weighted by Gasteiger charge is -2.23. The molecule has 1 atom stereocenters. The summed E-state index contributed by atoms with van der Waals surface area (Å²) in [4.78, 5) is 4.28. The van der Waals surface area contributed by atoms with Gasteiger partial charge in [0.1, 0.15) is 5.82 Å². The number of hydrogen-bond donors (Lipinski definition) is 1. The minimum Gasteiger partial charge on any atom is -0.335 e. The first-order chi connectivity index (χ1) is 8.15. The highest BCUT2D eigenvalue weighted by atomic mass is 32.2. The number of imidazole rings is 1. The Morgan fingerprint density at radius 1 is 1.41 bits per heavy atom. The van der Waals surface area contributed by atoms with E-state index in [1.54, 1.807) is 0 Å². The molecule has 1 saturated carbocycles. The summed E-state index contributed by atoms with van der Waals surface area (Å²) >= 11 is 0. The number of fused-ring (bicyclic) bond motifs is 1. The quantitative estimate of drug-likeness (QED) is 0.853. The second-order valence-corrected chi connectivity index (χ2v) is 7.03. The second-order valence-electron chi connectivity index (χ2n) is 4.99. The third-order valence-corrected chi connectivity index (χ3v) is 5.51. The van der Waals surface area contributed by atoms with Gasteiger partial charge >= 0.3 is 0 Å². The molecular formula is C11H17N3O2S. The summed E-state index contributed by atoms with van der Waals surface area (Å²) in [5, 5.41) is -0.118. The van der Waals surface area contributed by atoms with Crippen molar-refractivity contribution in [2.24, 2.45) is 5.92 Å². The topological polar surface area (TPSA) is 64.0 Å². The van der Waals surface area contributed by atoms with Crippen LogP contribution in [0, 0.1) is 5.92 Å². The maximum absolute atomic E-state index is 11.7. The molecule has 1 aromatic rings. The van der Waals surface area contributed by atoms with Crippen LogP contribution in [-0.4, -0.2) is 29.8 Å². The van der Waals surface area contributed by atoms with Crippen LogP contribution in [-0.2, 0) is 23.0 Å². The molecule has 6 heteroatoms. The summed E-state index contributed by atoms with van der Waals surface area (Å²) in [6.07, 6.45) is 7.34. The van der Waals surface area contributed by atoms with Crippen molar-refractivity contribution in [3.63, 3.8) is 0 Å². The van der Waals surface area contributed by atoms with Crippen molar-refractivity contribution in [1.82, 2.24) is 14.3 Å². The Kier molecular flexibility index (Phi) is 2.71. The third kappa shape index (κ3) is 2.37. The SMILES string of the molecule is O=S(=O)(NC[C@@H]1CCn2ccnc2C1)C1CC1. The van der Waals surface area contributed by atoms with E-state index in [0.29, 0.717) is 12.5 Å². The first kappa shape index (κ1) is 11.2. The maximum Gasteiger partial charge on any atom is 0.214 e. The molecule has 5 nitrogen and oxygen atoms in total. The predicted molar refractivity (Wildman–Crippen MR) is 64.0 cm³/mol. The average Bonchev–Trinajstić information content (AvgIpc) is 3.07. The van der Waals surface area contributed by atoms with Gasteiger partial charge in [-0.1, -0.05) is 0 Å². The van der Waals surface area contributed by atoms with Crippen molar-refractivity contribution in [1.29, 1.82) is 0 Å². The van der Waals surface area contributed by atoms with Crippen LogP contribution >= 0.6 is 0 Å². The van der Waals surface area contributed by atoms with Crippen LogP contribution in [0.15, 0.2) is 12.4 Å². The van der Waals surface area contributed by atoms with Crippen molar-refractivity contribution in [3.05, 3.63) is 18.2 Å². The summed E-state index contributed by atoms with van der Waals surface area (Å²) < 4.78 is 28.3. The van der Waals surface area contributed by atoms with Crippen LogP contribution in [0.4, 0.5) is 0 Å². The maximum atomic E-state index is 11.7. The van der Waals surface area contributed by atoms with E-state index in [1.165, 1.54) is 0 Å². The van der Waals surface area contributed by atoms with Crippen LogP contribution in [0.25, 0.3) is 0 Å². The summed E-state index contributed by atoms with van der Waals surface area (Å²) in [6.45, 7) is 1.51. The van der Waals surface area contributed by atoms with E-state index in [2.05, 4.69) is 14.3 Å². The summed E-state index contributed by atoms with van der Waals surface area (Å²) in [6, 6.07) is 0. The number of nitrogens with zero attached hydrogens (tertiary/aromatic N) is 2. The van der Waals surface area contributed by atoms with Crippen LogP contribution in [0.3, 0.4) is 0 Å². The highest BCUT2D eigenvalue weighted by Gasteiger charge is 2.35. The largest absolute Gasteiger partial charge is 0.335 e. The van der Waals surface area contributed by atoms with E-state index in [1.807, 2.05) is 12.4 Å². The fraction of sp³-hybridized carbons (Fsp3) is 0.727. The van der Waals surface area contributed by atoms with E-state index in [-0.39, 0.29) is 5.25 Å². The Hall–Kier alpha value is -0.880. The molecule has 0 bridgehead atoms. The molecule has 1 aromatic heterocycles. The number of sulfonamides is 1.